The maximum Gasteiger partial charge on any atom is 0.243 e. The minimum absolute atomic E-state index is 0.167. The summed E-state index contributed by atoms with van der Waals surface area (Å²) >= 11 is 3.32. The van der Waals surface area contributed by atoms with Gasteiger partial charge in [-0.05, 0) is 38.0 Å². The first-order valence-electron chi connectivity index (χ1n) is 8.68. The molecule has 2 saturated heterocycles. The maximum absolute atomic E-state index is 12.8. The number of sulfonamides is 1. The standard InChI is InChI=1S/C17H24BrN3O3S/c1-14(17(22)20-7-2-3-8-20)19-9-11-21(12-10-19)25(23,24)16-6-4-5-15(18)13-16/h4-6,13-14H,2-3,7-12H2,1H3. The number of rotatable bonds is 4. The third kappa shape index (κ3) is 4.07. The first-order chi connectivity index (χ1) is 11.9. The smallest absolute Gasteiger partial charge is 0.243 e. The van der Waals surface area contributed by atoms with Crippen LogP contribution in [0.3, 0.4) is 0 Å². The summed E-state index contributed by atoms with van der Waals surface area (Å²) in [5.74, 6) is 0.167. The highest BCUT2D eigenvalue weighted by atomic mass is 79.9. The van der Waals surface area contributed by atoms with E-state index >= 15 is 0 Å². The molecule has 1 unspecified atom stereocenters. The molecule has 0 N–H and O–H groups in total. The molecule has 3 rings (SSSR count). The Morgan fingerprint density at radius 1 is 1.08 bits per heavy atom. The number of amides is 1. The van der Waals surface area contributed by atoms with E-state index in [1.807, 2.05) is 17.9 Å². The summed E-state index contributed by atoms with van der Waals surface area (Å²) in [6.45, 7) is 5.60. The lowest BCUT2D eigenvalue weighted by atomic mass is 10.2. The van der Waals surface area contributed by atoms with Gasteiger partial charge in [0.05, 0.1) is 10.9 Å². The molecule has 8 heteroatoms. The number of hydrogen-bond donors (Lipinski definition) is 0. The Kier molecular flexibility index (Phi) is 5.82. The van der Waals surface area contributed by atoms with Gasteiger partial charge in [0.25, 0.3) is 0 Å². The highest BCUT2D eigenvalue weighted by Crippen LogP contribution is 2.22. The molecule has 0 aromatic heterocycles. The van der Waals surface area contributed by atoms with Gasteiger partial charge >= 0.3 is 0 Å². The van der Waals surface area contributed by atoms with Crippen molar-refractivity contribution in [2.24, 2.45) is 0 Å². The molecular weight excluding hydrogens is 406 g/mol. The number of likely N-dealkylation sites (tertiary alicyclic amines) is 1. The monoisotopic (exact) mass is 429 g/mol. The van der Waals surface area contributed by atoms with Crippen LogP contribution in [0.4, 0.5) is 0 Å². The van der Waals surface area contributed by atoms with Crippen molar-refractivity contribution in [3.8, 4) is 0 Å². The normalized spacial score (nSPS) is 21.4. The molecule has 1 atom stereocenters. The number of carbonyl (C=O) groups is 1. The van der Waals surface area contributed by atoms with Crippen molar-refractivity contribution in [1.82, 2.24) is 14.1 Å². The zero-order valence-corrected chi connectivity index (χ0v) is 16.8. The van der Waals surface area contributed by atoms with Gasteiger partial charge in [-0.3, -0.25) is 9.69 Å². The van der Waals surface area contributed by atoms with Gasteiger partial charge in [-0.2, -0.15) is 4.31 Å². The predicted molar refractivity (Wildman–Crippen MR) is 99.7 cm³/mol. The summed E-state index contributed by atoms with van der Waals surface area (Å²) in [7, 11) is -3.49. The van der Waals surface area contributed by atoms with Crippen LogP contribution in [0.2, 0.25) is 0 Å². The van der Waals surface area contributed by atoms with Crippen LogP contribution >= 0.6 is 15.9 Å². The minimum Gasteiger partial charge on any atom is -0.341 e. The topological polar surface area (TPSA) is 60.9 Å². The second kappa shape index (κ2) is 7.73. The number of carbonyl (C=O) groups excluding carboxylic acids is 1. The Morgan fingerprint density at radius 2 is 1.72 bits per heavy atom. The first kappa shape index (κ1) is 18.8. The molecule has 0 aliphatic carbocycles. The average Bonchev–Trinajstić information content (AvgIpc) is 3.15. The summed E-state index contributed by atoms with van der Waals surface area (Å²) in [6.07, 6.45) is 2.16. The van der Waals surface area contributed by atoms with Crippen LogP contribution in [-0.4, -0.2) is 73.7 Å². The fourth-order valence-corrected chi connectivity index (χ4v) is 5.49. The zero-order chi connectivity index (χ0) is 18.0. The van der Waals surface area contributed by atoms with Crippen LogP contribution in [0.5, 0.6) is 0 Å². The van der Waals surface area contributed by atoms with Crippen LogP contribution in [0.15, 0.2) is 33.6 Å². The van der Waals surface area contributed by atoms with Crippen LogP contribution in [0, 0.1) is 0 Å². The quantitative estimate of drug-likeness (QED) is 0.731. The van der Waals surface area contributed by atoms with Gasteiger partial charge in [-0.25, -0.2) is 8.42 Å². The Hall–Kier alpha value is -0.960. The van der Waals surface area contributed by atoms with Gasteiger partial charge in [0, 0.05) is 43.7 Å². The second-order valence-corrected chi connectivity index (χ2v) is 9.46. The van der Waals surface area contributed by atoms with Gasteiger partial charge in [0.1, 0.15) is 0 Å². The third-order valence-corrected chi connectivity index (χ3v) is 7.42. The molecule has 138 valence electrons. The van der Waals surface area contributed by atoms with Gasteiger partial charge in [0.15, 0.2) is 0 Å². The highest BCUT2D eigenvalue weighted by molar-refractivity contribution is 9.10. The van der Waals surface area contributed by atoms with Crippen molar-refractivity contribution in [2.45, 2.75) is 30.7 Å². The third-order valence-electron chi connectivity index (χ3n) is 5.03. The molecule has 2 aliphatic heterocycles. The van der Waals surface area contributed by atoms with E-state index in [1.165, 1.54) is 4.31 Å². The number of halogens is 1. The molecule has 2 aliphatic rings. The molecule has 0 spiro atoms. The lowest BCUT2D eigenvalue weighted by molar-refractivity contribution is -0.135. The number of benzene rings is 1. The largest absolute Gasteiger partial charge is 0.341 e. The van der Waals surface area contributed by atoms with Gasteiger partial charge < -0.3 is 4.90 Å². The Morgan fingerprint density at radius 3 is 2.32 bits per heavy atom. The molecule has 6 nitrogen and oxygen atoms in total. The fraction of sp³-hybridized carbons (Fsp3) is 0.588. The van der Waals surface area contributed by atoms with Crippen molar-refractivity contribution in [2.75, 3.05) is 39.3 Å². The average molecular weight is 430 g/mol. The maximum atomic E-state index is 12.8. The van der Waals surface area contributed by atoms with E-state index in [0.717, 1.165) is 30.4 Å². The minimum atomic E-state index is -3.49. The molecule has 1 aromatic rings. The fourth-order valence-electron chi connectivity index (χ4n) is 3.47. The molecule has 1 aromatic carbocycles. The Balaban J connectivity index is 1.62. The van der Waals surface area contributed by atoms with Gasteiger partial charge in [-0.15, -0.1) is 0 Å². The van der Waals surface area contributed by atoms with Crippen molar-refractivity contribution in [1.29, 1.82) is 0 Å². The molecule has 2 heterocycles. The molecule has 0 bridgehead atoms. The van der Waals surface area contributed by atoms with Crippen LogP contribution in [-0.2, 0) is 14.8 Å². The summed E-state index contributed by atoms with van der Waals surface area (Å²) in [6, 6.07) is 6.59. The molecule has 0 radical (unpaired) electrons. The lowest BCUT2D eigenvalue weighted by Gasteiger charge is -2.37. The number of hydrogen-bond acceptors (Lipinski definition) is 4. The Labute approximate surface area is 158 Å². The molecule has 1 amide bonds. The highest BCUT2D eigenvalue weighted by Gasteiger charge is 2.33. The van der Waals surface area contributed by atoms with Crippen molar-refractivity contribution in [3.63, 3.8) is 0 Å². The molecular formula is C17H24BrN3O3S. The van der Waals surface area contributed by atoms with Crippen LogP contribution in [0.1, 0.15) is 19.8 Å². The zero-order valence-electron chi connectivity index (χ0n) is 14.4. The SMILES string of the molecule is CC(C(=O)N1CCCC1)N1CCN(S(=O)(=O)c2cccc(Br)c2)CC1. The van der Waals surface area contributed by atoms with Gasteiger partial charge in [-0.1, -0.05) is 22.0 Å². The first-order valence-corrected chi connectivity index (χ1v) is 10.9. The summed E-state index contributed by atoms with van der Waals surface area (Å²) < 4.78 is 27.8. The summed E-state index contributed by atoms with van der Waals surface area (Å²) in [5, 5.41) is 0. The molecule has 0 saturated carbocycles. The number of nitrogens with zero attached hydrogens (tertiary/aromatic N) is 3. The number of piperazine rings is 1. The predicted octanol–water partition coefficient (Wildman–Crippen LogP) is 1.77. The van der Waals surface area contributed by atoms with Crippen molar-refractivity contribution in [3.05, 3.63) is 28.7 Å². The second-order valence-electron chi connectivity index (χ2n) is 6.61. The summed E-state index contributed by atoms with van der Waals surface area (Å²) in [4.78, 5) is 16.8. The van der Waals surface area contributed by atoms with Crippen LogP contribution in [0.25, 0.3) is 0 Å². The van der Waals surface area contributed by atoms with Crippen molar-refractivity contribution >= 4 is 31.9 Å². The van der Waals surface area contributed by atoms with E-state index in [-0.39, 0.29) is 11.9 Å². The van der Waals surface area contributed by atoms with E-state index in [1.54, 1.807) is 18.2 Å². The van der Waals surface area contributed by atoms with E-state index in [4.69, 9.17) is 0 Å². The van der Waals surface area contributed by atoms with E-state index in [2.05, 4.69) is 20.8 Å². The van der Waals surface area contributed by atoms with E-state index < -0.39 is 10.0 Å². The molecule has 2 fully saturated rings. The summed E-state index contributed by atoms with van der Waals surface area (Å²) in [5.41, 5.74) is 0. The van der Waals surface area contributed by atoms with Crippen LogP contribution < -0.4 is 0 Å². The Bertz CT molecular complexity index is 726. The van der Waals surface area contributed by atoms with Gasteiger partial charge in [0.2, 0.25) is 15.9 Å². The lowest BCUT2D eigenvalue weighted by Crippen LogP contribution is -2.55. The molecule has 25 heavy (non-hydrogen) atoms. The van der Waals surface area contributed by atoms with E-state index in [0.29, 0.717) is 31.1 Å². The van der Waals surface area contributed by atoms with Crippen molar-refractivity contribution < 1.29 is 13.2 Å². The van der Waals surface area contributed by atoms with E-state index in [9.17, 15) is 13.2 Å².